The second kappa shape index (κ2) is 6.05. The Balaban J connectivity index is 1.98. The molecule has 1 saturated heterocycles. The van der Waals surface area contributed by atoms with E-state index in [2.05, 4.69) is 54.9 Å². The van der Waals surface area contributed by atoms with Gasteiger partial charge in [0.25, 0.3) is 0 Å². The van der Waals surface area contributed by atoms with Gasteiger partial charge in [-0.15, -0.1) is 0 Å². The van der Waals surface area contributed by atoms with Crippen molar-refractivity contribution in [1.82, 2.24) is 4.98 Å². The van der Waals surface area contributed by atoms with Crippen LogP contribution in [0.2, 0.25) is 0 Å². The van der Waals surface area contributed by atoms with Crippen molar-refractivity contribution < 1.29 is 0 Å². The lowest BCUT2D eigenvalue weighted by Crippen LogP contribution is -2.35. The van der Waals surface area contributed by atoms with Crippen LogP contribution in [0.4, 0.5) is 5.69 Å². The van der Waals surface area contributed by atoms with Crippen LogP contribution < -0.4 is 4.90 Å². The molecule has 0 amide bonds. The molecule has 1 aromatic heterocycles. The van der Waals surface area contributed by atoms with Crippen LogP contribution in [0.25, 0.3) is 10.9 Å². The Morgan fingerprint density at radius 3 is 2.86 bits per heavy atom. The van der Waals surface area contributed by atoms with Crippen molar-refractivity contribution in [2.75, 3.05) is 18.0 Å². The van der Waals surface area contributed by atoms with Gasteiger partial charge in [-0.2, -0.15) is 0 Å². The molecule has 0 spiro atoms. The van der Waals surface area contributed by atoms with Crippen molar-refractivity contribution in [2.45, 2.75) is 46.5 Å². The van der Waals surface area contributed by atoms with Crippen molar-refractivity contribution in [3.8, 4) is 0 Å². The van der Waals surface area contributed by atoms with Crippen molar-refractivity contribution in [1.29, 1.82) is 0 Å². The van der Waals surface area contributed by atoms with Crippen LogP contribution in [0, 0.1) is 12.8 Å². The maximum absolute atomic E-state index is 4.68. The van der Waals surface area contributed by atoms with E-state index in [0.717, 1.165) is 23.5 Å². The van der Waals surface area contributed by atoms with E-state index < -0.39 is 0 Å². The lowest BCUT2D eigenvalue weighted by molar-refractivity contribution is 0.405. The fraction of sp³-hybridized carbons (Fsp3) is 0.526. The van der Waals surface area contributed by atoms with E-state index in [0.29, 0.717) is 0 Å². The number of rotatable bonds is 3. The van der Waals surface area contributed by atoms with Crippen LogP contribution in [0.15, 0.2) is 24.3 Å². The third-order valence-electron chi connectivity index (χ3n) is 4.85. The standard InChI is InChI=1S/C19H26N2/c1-4-15-7-6-10-21(13-15)17-8-9-19-18(12-17)16(5-2)11-14(3)20-19/h8-9,11-12,15H,4-7,10,13H2,1-3H3. The largest absolute Gasteiger partial charge is 0.371 e. The molecule has 3 rings (SSSR count). The van der Waals surface area contributed by atoms with Crippen LogP contribution in [-0.4, -0.2) is 18.1 Å². The van der Waals surface area contributed by atoms with Crippen molar-refractivity contribution in [3.63, 3.8) is 0 Å². The Hall–Kier alpha value is -1.57. The highest BCUT2D eigenvalue weighted by Crippen LogP contribution is 2.29. The molecule has 0 N–H and O–H groups in total. The lowest BCUT2D eigenvalue weighted by atomic mass is 9.95. The predicted molar refractivity (Wildman–Crippen MR) is 91.1 cm³/mol. The molecule has 1 atom stereocenters. The molecule has 2 heterocycles. The molecule has 0 saturated carbocycles. The number of aromatic nitrogens is 1. The first-order valence-electron chi connectivity index (χ1n) is 8.36. The minimum Gasteiger partial charge on any atom is -0.371 e. The summed E-state index contributed by atoms with van der Waals surface area (Å²) in [4.78, 5) is 7.25. The van der Waals surface area contributed by atoms with Crippen LogP contribution in [0.1, 0.15) is 44.4 Å². The van der Waals surface area contributed by atoms with Gasteiger partial charge >= 0.3 is 0 Å². The number of hydrogen-bond acceptors (Lipinski definition) is 2. The number of aryl methyl sites for hydroxylation is 2. The molecule has 1 aromatic carbocycles. The number of piperidine rings is 1. The highest BCUT2D eigenvalue weighted by atomic mass is 15.1. The van der Waals surface area contributed by atoms with Crippen LogP contribution >= 0.6 is 0 Å². The second-order valence-electron chi connectivity index (χ2n) is 6.34. The van der Waals surface area contributed by atoms with Gasteiger partial charge in [-0.05, 0) is 61.9 Å². The number of pyridine rings is 1. The highest BCUT2D eigenvalue weighted by Gasteiger charge is 2.19. The zero-order chi connectivity index (χ0) is 14.8. The molecule has 1 unspecified atom stereocenters. The number of nitrogens with zero attached hydrogens (tertiary/aromatic N) is 2. The monoisotopic (exact) mass is 282 g/mol. The van der Waals surface area contributed by atoms with E-state index in [1.165, 1.54) is 49.0 Å². The van der Waals surface area contributed by atoms with Gasteiger partial charge in [-0.1, -0.05) is 20.3 Å². The summed E-state index contributed by atoms with van der Waals surface area (Å²) in [7, 11) is 0. The number of benzene rings is 1. The number of hydrogen-bond donors (Lipinski definition) is 0. The molecule has 2 aromatic rings. The summed E-state index contributed by atoms with van der Waals surface area (Å²) < 4.78 is 0. The Morgan fingerprint density at radius 1 is 1.24 bits per heavy atom. The third kappa shape index (κ3) is 2.90. The minimum atomic E-state index is 0.858. The van der Waals surface area contributed by atoms with E-state index in [4.69, 9.17) is 0 Å². The van der Waals surface area contributed by atoms with Gasteiger partial charge in [0.2, 0.25) is 0 Å². The predicted octanol–water partition coefficient (Wildman–Crippen LogP) is 4.73. The van der Waals surface area contributed by atoms with Gasteiger partial charge in [0, 0.05) is 29.9 Å². The zero-order valence-electron chi connectivity index (χ0n) is 13.5. The first kappa shape index (κ1) is 14.4. The van der Waals surface area contributed by atoms with Gasteiger partial charge in [0.05, 0.1) is 5.52 Å². The van der Waals surface area contributed by atoms with Gasteiger partial charge < -0.3 is 4.90 Å². The zero-order valence-corrected chi connectivity index (χ0v) is 13.5. The summed E-state index contributed by atoms with van der Waals surface area (Å²) in [5.74, 6) is 0.858. The molecule has 1 aliphatic heterocycles. The van der Waals surface area contributed by atoms with E-state index in [1.807, 2.05) is 0 Å². The third-order valence-corrected chi connectivity index (χ3v) is 4.85. The van der Waals surface area contributed by atoms with E-state index in [-0.39, 0.29) is 0 Å². The van der Waals surface area contributed by atoms with Gasteiger partial charge in [-0.3, -0.25) is 4.98 Å². The Kier molecular flexibility index (Phi) is 4.14. The maximum atomic E-state index is 4.68. The molecule has 0 radical (unpaired) electrons. The van der Waals surface area contributed by atoms with Crippen molar-refractivity contribution in [2.24, 2.45) is 5.92 Å². The summed E-state index contributed by atoms with van der Waals surface area (Å²) in [6, 6.07) is 9.05. The topological polar surface area (TPSA) is 16.1 Å². The summed E-state index contributed by atoms with van der Waals surface area (Å²) in [5.41, 5.74) is 5.06. The first-order chi connectivity index (χ1) is 10.2. The summed E-state index contributed by atoms with van der Waals surface area (Å²) in [6.45, 7) is 9.04. The molecule has 1 aliphatic rings. The van der Waals surface area contributed by atoms with E-state index >= 15 is 0 Å². The molecule has 112 valence electrons. The second-order valence-corrected chi connectivity index (χ2v) is 6.34. The van der Waals surface area contributed by atoms with Gasteiger partial charge in [-0.25, -0.2) is 0 Å². The minimum absolute atomic E-state index is 0.858. The van der Waals surface area contributed by atoms with Crippen molar-refractivity contribution in [3.05, 3.63) is 35.5 Å². The number of fused-ring (bicyclic) bond motifs is 1. The molecular weight excluding hydrogens is 256 g/mol. The molecule has 1 fully saturated rings. The average molecular weight is 282 g/mol. The molecular formula is C19H26N2. The Morgan fingerprint density at radius 2 is 2.10 bits per heavy atom. The molecule has 21 heavy (non-hydrogen) atoms. The smallest absolute Gasteiger partial charge is 0.0709 e. The summed E-state index contributed by atoms with van der Waals surface area (Å²) >= 11 is 0. The van der Waals surface area contributed by atoms with Crippen LogP contribution in [0.3, 0.4) is 0 Å². The normalized spacial score (nSPS) is 19.2. The molecule has 2 heteroatoms. The fourth-order valence-electron chi connectivity index (χ4n) is 3.55. The van der Waals surface area contributed by atoms with E-state index in [9.17, 15) is 0 Å². The summed E-state index contributed by atoms with van der Waals surface area (Å²) in [6.07, 6.45) is 5.08. The SMILES string of the molecule is CCc1cc(C)nc2ccc(N3CCCC(CC)C3)cc12. The van der Waals surface area contributed by atoms with Gasteiger partial charge in [0.15, 0.2) is 0 Å². The maximum Gasteiger partial charge on any atom is 0.0709 e. The lowest BCUT2D eigenvalue weighted by Gasteiger charge is -2.34. The average Bonchev–Trinajstić information content (AvgIpc) is 2.53. The van der Waals surface area contributed by atoms with Crippen LogP contribution in [-0.2, 0) is 6.42 Å². The van der Waals surface area contributed by atoms with Gasteiger partial charge in [0.1, 0.15) is 0 Å². The fourth-order valence-corrected chi connectivity index (χ4v) is 3.55. The Bertz CT molecular complexity index is 633. The quantitative estimate of drug-likeness (QED) is 0.809. The number of anilines is 1. The first-order valence-corrected chi connectivity index (χ1v) is 8.36. The van der Waals surface area contributed by atoms with Crippen molar-refractivity contribution >= 4 is 16.6 Å². The Labute approximate surface area is 128 Å². The highest BCUT2D eigenvalue weighted by molar-refractivity contribution is 5.86. The van der Waals surface area contributed by atoms with Crippen LogP contribution in [0.5, 0.6) is 0 Å². The molecule has 0 bridgehead atoms. The van der Waals surface area contributed by atoms with E-state index in [1.54, 1.807) is 0 Å². The molecule has 2 nitrogen and oxygen atoms in total. The molecule has 0 aliphatic carbocycles. The summed E-state index contributed by atoms with van der Waals surface area (Å²) in [5, 5.41) is 1.33.